The lowest BCUT2D eigenvalue weighted by Gasteiger charge is -2.41. The van der Waals surface area contributed by atoms with Gasteiger partial charge in [0.05, 0.1) is 37.2 Å². The van der Waals surface area contributed by atoms with Crippen molar-refractivity contribution in [3.63, 3.8) is 0 Å². The van der Waals surface area contributed by atoms with Crippen LogP contribution < -0.4 is 15.5 Å². The maximum absolute atomic E-state index is 13.5. The molecule has 1 aliphatic heterocycles. The first kappa shape index (κ1) is 28.4. The van der Waals surface area contributed by atoms with Crippen molar-refractivity contribution in [3.05, 3.63) is 54.2 Å². The van der Waals surface area contributed by atoms with Crippen LogP contribution in [0.15, 0.2) is 42.7 Å². The van der Waals surface area contributed by atoms with Gasteiger partial charge < -0.3 is 30.4 Å². The van der Waals surface area contributed by atoms with Gasteiger partial charge in [-0.05, 0) is 69.1 Å². The third kappa shape index (κ3) is 5.97. The fourth-order valence-electron chi connectivity index (χ4n) is 5.12. The molecular weight excluding hydrogens is 550 g/mol. The third-order valence-electron chi connectivity index (χ3n) is 7.54. The molecule has 2 fully saturated rings. The molecule has 0 spiro atoms. The van der Waals surface area contributed by atoms with Crippen LogP contribution in [0.5, 0.6) is 0 Å². The number of H-pyrrole nitrogens is 1. The van der Waals surface area contributed by atoms with Crippen LogP contribution in [0.3, 0.4) is 0 Å². The van der Waals surface area contributed by atoms with Crippen molar-refractivity contribution < 1.29 is 18.3 Å². The Balaban J connectivity index is 1.43. The Morgan fingerprint density at radius 2 is 2.08 bits per heavy atom. The van der Waals surface area contributed by atoms with Gasteiger partial charge in [-0.3, -0.25) is 0 Å². The second kappa shape index (κ2) is 12.2. The van der Waals surface area contributed by atoms with Crippen LogP contribution in [0.25, 0.3) is 11.4 Å². The summed E-state index contributed by atoms with van der Waals surface area (Å²) in [6.07, 6.45) is 5.50. The zero-order valence-electron chi connectivity index (χ0n) is 22.5. The van der Waals surface area contributed by atoms with Crippen LogP contribution in [0, 0.1) is 0 Å². The van der Waals surface area contributed by atoms with Crippen molar-refractivity contribution in [1.82, 2.24) is 25.3 Å². The SMILES string of the molecule is C[C@H]1COCCN1c1cc(C2(S(=O)(=O)CCCO)CCC2)nc(-c2ccc(NC(=S)NCc3ncc[nH]3)cc2)n1. The van der Waals surface area contributed by atoms with E-state index in [1.54, 1.807) is 12.4 Å². The number of morpholine rings is 1. The number of aliphatic hydroxyl groups is 1. The van der Waals surface area contributed by atoms with E-state index in [1.807, 2.05) is 30.3 Å². The van der Waals surface area contributed by atoms with Gasteiger partial charge in [-0.2, -0.15) is 0 Å². The number of ether oxygens (including phenoxy) is 1. The Hall–Kier alpha value is -3.13. The lowest BCUT2D eigenvalue weighted by molar-refractivity contribution is 0.0985. The van der Waals surface area contributed by atoms with Crippen molar-refractivity contribution >= 4 is 38.7 Å². The molecule has 4 N–H and O–H groups in total. The monoisotopic (exact) mass is 585 g/mol. The molecule has 3 heterocycles. The van der Waals surface area contributed by atoms with Gasteiger partial charge in [0, 0.05) is 42.9 Å². The van der Waals surface area contributed by atoms with Gasteiger partial charge in [0.2, 0.25) is 0 Å². The first-order valence-electron chi connectivity index (χ1n) is 13.5. The highest BCUT2D eigenvalue weighted by Crippen LogP contribution is 2.49. The van der Waals surface area contributed by atoms with Crippen LogP contribution >= 0.6 is 12.2 Å². The number of nitrogens with one attached hydrogen (secondary N) is 3. The predicted octanol–water partition coefficient (Wildman–Crippen LogP) is 2.75. The van der Waals surface area contributed by atoms with Crippen LogP contribution in [-0.4, -0.2) is 76.7 Å². The molecule has 3 aromatic rings. The molecule has 0 radical (unpaired) electrons. The van der Waals surface area contributed by atoms with E-state index in [0.29, 0.717) is 61.6 Å². The lowest BCUT2D eigenvalue weighted by atomic mass is 9.81. The summed E-state index contributed by atoms with van der Waals surface area (Å²) in [6, 6.07) is 9.52. The number of sulfone groups is 1. The molecule has 0 unspecified atom stereocenters. The number of benzene rings is 1. The smallest absolute Gasteiger partial charge is 0.171 e. The number of nitrogens with zero attached hydrogens (tertiary/aromatic N) is 4. The van der Waals surface area contributed by atoms with Crippen molar-refractivity contribution in [2.24, 2.45) is 0 Å². The Bertz CT molecular complexity index is 1410. The first-order chi connectivity index (χ1) is 19.3. The summed E-state index contributed by atoms with van der Waals surface area (Å²) in [4.78, 5) is 19.1. The Labute approximate surface area is 239 Å². The van der Waals surface area contributed by atoms with Crippen molar-refractivity contribution in [1.29, 1.82) is 0 Å². The highest BCUT2D eigenvalue weighted by molar-refractivity contribution is 7.92. The van der Waals surface area contributed by atoms with Crippen LogP contribution in [0.4, 0.5) is 11.5 Å². The van der Waals surface area contributed by atoms with Crippen molar-refractivity contribution in [2.45, 2.75) is 49.9 Å². The molecule has 0 amide bonds. The zero-order valence-corrected chi connectivity index (χ0v) is 24.1. The van der Waals surface area contributed by atoms with Crippen molar-refractivity contribution in [2.75, 3.05) is 42.3 Å². The summed E-state index contributed by atoms with van der Waals surface area (Å²) in [5.74, 6) is 1.88. The van der Waals surface area contributed by atoms with E-state index in [1.165, 1.54) is 0 Å². The molecule has 5 rings (SSSR count). The Morgan fingerprint density at radius 3 is 2.73 bits per heavy atom. The molecule has 13 heteroatoms. The van der Waals surface area contributed by atoms with Crippen LogP contribution in [0.2, 0.25) is 0 Å². The fourth-order valence-corrected chi connectivity index (χ4v) is 7.55. The predicted molar refractivity (Wildman–Crippen MR) is 158 cm³/mol. The van der Waals surface area contributed by atoms with Gasteiger partial charge in [-0.25, -0.2) is 23.4 Å². The molecule has 40 heavy (non-hydrogen) atoms. The lowest BCUT2D eigenvalue weighted by Crippen LogP contribution is -2.46. The highest BCUT2D eigenvalue weighted by atomic mass is 32.2. The molecule has 1 saturated carbocycles. The minimum Gasteiger partial charge on any atom is -0.396 e. The van der Waals surface area contributed by atoms with E-state index >= 15 is 0 Å². The molecule has 214 valence electrons. The average molecular weight is 586 g/mol. The number of aromatic amines is 1. The number of imidazole rings is 1. The second-order valence-electron chi connectivity index (χ2n) is 10.2. The summed E-state index contributed by atoms with van der Waals surface area (Å²) in [5.41, 5.74) is 2.09. The minimum absolute atomic E-state index is 0.0691. The Morgan fingerprint density at radius 1 is 1.27 bits per heavy atom. The summed E-state index contributed by atoms with van der Waals surface area (Å²) >= 11 is 5.40. The Kier molecular flexibility index (Phi) is 8.64. The number of aromatic nitrogens is 4. The number of anilines is 2. The second-order valence-corrected chi connectivity index (χ2v) is 13.0. The zero-order chi connectivity index (χ0) is 28.2. The fraction of sp³-hybridized carbons (Fsp3) is 0.481. The molecule has 2 aromatic heterocycles. The molecule has 11 nitrogen and oxygen atoms in total. The van der Waals surface area contributed by atoms with Gasteiger partial charge in [0.25, 0.3) is 0 Å². The number of thiocarbonyl (C=S) groups is 1. The molecule has 1 saturated heterocycles. The van der Waals surface area contributed by atoms with Gasteiger partial charge in [-0.1, -0.05) is 0 Å². The quantitative estimate of drug-likeness (QED) is 0.261. The van der Waals surface area contributed by atoms with E-state index < -0.39 is 14.6 Å². The summed E-state index contributed by atoms with van der Waals surface area (Å²) < 4.78 is 31.6. The van der Waals surface area contributed by atoms with E-state index in [9.17, 15) is 13.5 Å². The van der Waals surface area contributed by atoms with E-state index in [0.717, 1.165) is 23.5 Å². The topological polar surface area (TPSA) is 145 Å². The van der Waals surface area contributed by atoms with Gasteiger partial charge in [0.15, 0.2) is 20.8 Å². The molecule has 1 aliphatic carbocycles. The minimum atomic E-state index is -3.53. The highest BCUT2D eigenvalue weighted by Gasteiger charge is 2.51. The van der Waals surface area contributed by atoms with Crippen LogP contribution in [-0.2, 0) is 25.9 Å². The normalized spacial score (nSPS) is 18.6. The molecular formula is C27H35N7O4S2. The van der Waals surface area contributed by atoms with Crippen molar-refractivity contribution in [3.8, 4) is 11.4 Å². The maximum Gasteiger partial charge on any atom is 0.171 e. The van der Waals surface area contributed by atoms with E-state index in [4.69, 9.17) is 26.9 Å². The third-order valence-corrected chi connectivity index (χ3v) is 10.4. The maximum atomic E-state index is 13.5. The molecule has 2 aliphatic rings. The van der Waals surface area contributed by atoms with E-state index in [2.05, 4.69) is 32.4 Å². The summed E-state index contributed by atoms with van der Waals surface area (Å²) in [7, 11) is -3.53. The number of hydrogen-bond donors (Lipinski definition) is 4. The average Bonchev–Trinajstić information content (AvgIpc) is 3.44. The number of aliphatic hydroxyl groups excluding tert-OH is 1. The molecule has 1 aromatic carbocycles. The van der Waals surface area contributed by atoms with E-state index in [-0.39, 0.29) is 24.8 Å². The van der Waals surface area contributed by atoms with Gasteiger partial charge >= 0.3 is 0 Å². The number of hydrogen-bond acceptors (Lipinski definition) is 9. The summed E-state index contributed by atoms with van der Waals surface area (Å²) in [5, 5.41) is 16.0. The molecule has 1 atom stereocenters. The number of rotatable bonds is 10. The largest absolute Gasteiger partial charge is 0.396 e. The molecule has 0 bridgehead atoms. The standard InChI is InChI=1S/C27H35N7O4S2/c1-19-18-38-14-12-34(19)24-16-22(27(8-2-9-27)40(36,37)15-3-13-35)32-25(33-24)20-4-6-21(7-5-20)31-26(39)30-17-23-28-10-11-29-23/h4-7,10-11,16,19,35H,2-3,8-9,12-15,17-18H2,1H3,(H,28,29)(H2,30,31,39)/t19-/m0/s1. The summed E-state index contributed by atoms with van der Waals surface area (Å²) in [6.45, 7) is 4.19. The first-order valence-corrected chi connectivity index (χ1v) is 15.6. The van der Waals surface area contributed by atoms with Gasteiger partial charge in [0.1, 0.15) is 16.4 Å². The van der Waals surface area contributed by atoms with Gasteiger partial charge in [-0.15, -0.1) is 0 Å². The van der Waals surface area contributed by atoms with Crippen LogP contribution in [0.1, 0.15) is 44.1 Å².